The van der Waals surface area contributed by atoms with Crippen LogP contribution in [0.2, 0.25) is 0 Å². The molecule has 1 rings (SSSR count). The van der Waals surface area contributed by atoms with E-state index in [-0.39, 0.29) is 6.42 Å². The number of carbonyl (C=O) groups excluding carboxylic acids is 4. The summed E-state index contributed by atoms with van der Waals surface area (Å²) in [6.07, 6.45) is -1.13. The number of carbonyl (C=O) groups is 4. The molecule has 1 saturated heterocycles. The number of rotatable bonds is 5. The minimum atomic E-state index is -1.14. The van der Waals surface area contributed by atoms with Gasteiger partial charge in [0.05, 0.1) is 6.42 Å². The second-order valence-corrected chi connectivity index (χ2v) is 6.03. The van der Waals surface area contributed by atoms with Gasteiger partial charge in [-0.15, -0.1) is 0 Å². The average Bonchev–Trinajstić information content (AvgIpc) is 2.64. The lowest BCUT2D eigenvalue weighted by molar-refractivity contribution is -0.156. The molecule has 0 aliphatic carbocycles. The molecule has 0 bridgehead atoms. The third-order valence-electron chi connectivity index (χ3n) is 2.74. The van der Waals surface area contributed by atoms with Crippen molar-refractivity contribution >= 4 is 23.9 Å². The lowest BCUT2D eigenvalue weighted by Gasteiger charge is -2.23. The van der Waals surface area contributed by atoms with E-state index >= 15 is 0 Å². The third-order valence-corrected chi connectivity index (χ3v) is 2.74. The molecule has 0 aromatic carbocycles. The van der Waals surface area contributed by atoms with Crippen molar-refractivity contribution < 1.29 is 28.7 Å². The lowest BCUT2D eigenvalue weighted by atomic mass is 10.1. The minimum Gasteiger partial charge on any atom is -0.450 e. The first-order chi connectivity index (χ1) is 10.1. The van der Waals surface area contributed by atoms with Gasteiger partial charge in [0.15, 0.2) is 6.10 Å². The Bertz CT molecular complexity index is 468. The summed E-state index contributed by atoms with van der Waals surface area (Å²) in [5.74, 6) is -1.90. The van der Waals surface area contributed by atoms with Crippen LogP contribution in [0.4, 0.5) is 4.79 Å². The Labute approximate surface area is 128 Å². The predicted octanol–water partition coefficient (Wildman–Crippen LogP) is 0.638. The van der Waals surface area contributed by atoms with E-state index in [0.29, 0.717) is 12.8 Å². The highest BCUT2D eigenvalue weighted by atomic mass is 16.6. The largest absolute Gasteiger partial charge is 0.450 e. The van der Waals surface area contributed by atoms with E-state index in [2.05, 4.69) is 5.32 Å². The van der Waals surface area contributed by atoms with Crippen molar-refractivity contribution in [3.63, 3.8) is 0 Å². The average molecular weight is 314 g/mol. The number of hydrogen-bond donors (Lipinski definition) is 2. The standard InChI is InChI=1S/C14H22N2O6/c1-5-6-8(15-13(20)22-14(2,3)4)12(19)21-9-7-10(17)16-11(9)18/h8-9H,5-7H2,1-4H3,(H,15,20)(H,16,17,18)/t8-,9+/m0/s1. The molecule has 1 heterocycles. The van der Waals surface area contributed by atoms with E-state index in [1.54, 1.807) is 20.8 Å². The number of esters is 1. The molecule has 0 unspecified atom stereocenters. The number of ether oxygens (including phenoxy) is 2. The van der Waals surface area contributed by atoms with Crippen molar-refractivity contribution in [3.05, 3.63) is 0 Å². The van der Waals surface area contributed by atoms with Gasteiger partial charge in [-0.2, -0.15) is 0 Å². The summed E-state index contributed by atoms with van der Waals surface area (Å²) in [6, 6.07) is -0.927. The number of hydrogen-bond acceptors (Lipinski definition) is 6. The SMILES string of the molecule is CCC[C@H](NC(=O)OC(C)(C)C)C(=O)O[C@@H]1CC(=O)NC1=O. The molecule has 22 heavy (non-hydrogen) atoms. The van der Waals surface area contributed by atoms with Crippen LogP contribution >= 0.6 is 0 Å². The highest BCUT2D eigenvalue weighted by Gasteiger charge is 2.36. The van der Waals surface area contributed by atoms with Crippen LogP contribution in [0.15, 0.2) is 0 Å². The number of alkyl carbamates (subject to hydrolysis) is 1. The van der Waals surface area contributed by atoms with Crippen molar-refractivity contribution in [1.82, 2.24) is 10.6 Å². The van der Waals surface area contributed by atoms with E-state index in [4.69, 9.17) is 9.47 Å². The Morgan fingerprint density at radius 3 is 2.45 bits per heavy atom. The summed E-state index contributed by atoms with van der Waals surface area (Å²) >= 11 is 0. The van der Waals surface area contributed by atoms with Gasteiger partial charge in [0.1, 0.15) is 11.6 Å². The van der Waals surface area contributed by atoms with E-state index in [1.165, 1.54) is 0 Å². The molecule has 3 amide bonds. The van der Waals surface area contributed by atoms with Gasteiger partial charge in [-0.1, -0.05) is 13.3 Å². The second-order valence-electron chi connectivity index (χ2n) is 6.03. The zero-order valence-corrected chi connectivity index (χ0v) is 13.2. The fourth-order valence-electron chi connectivity index (χ4n) is 1.83. The van der Waals surface area contributed by atoms with Gasteiger partial charge in [0.2, 0.25) is 5.91 Å². The Kier molecular flexibility index (Phi) is 5.90. The highest BCUT2D eigenvalue weighted by molar-refractivity contribution is 6.05. The van der Waals surface area contributed by atoms with Crippen molar-refractivity contribution in [2.24, 2.45) is 0 Å². The normalized spacial score (nSPS) is 19.4. The summed E-state index contributed by atoms with van der Waals surface area (Å²) < 4.78 is 10.1. The molecular weight excluding hydrogens is 292 g/mol. The predicted molar refractivity (Wildman–Crippen MR) is 75.7 cm³/mol. The molecule has 0 radical (unpaired) electrons. The smallest absolute Gasteiger partial charge is 0.408 e. The van der Waals surface area contributed by atoms with Crippen molar-refractivity contribution in [2.45, 2.75) is 64.7 Å². The molecule has 124 valence electrons. The van der Waals surface area contributed by atoms with Crippen molar-refractivity contribution in [1.29, 1.82) is 0 Å². The highest BCUT2D eigenvalue weighted by Crippen LogP contribution is 2.11. The van der Waals surface area contributed by atoms with E-state index in [0.717, 1.165) is 0 Å². The summed E-state index contributed by atoms with van der Waals surface area (Å²) in [7, 11) is 0. The van der Waals surface area contributed by atoms with Crippen LogP contribution in [-0.2, 0) is 23.9 Å². The zero-order valence-electron chi connectivity index (χ0n) is 13.2. The van der Waals surface area contributed by atoms with E-state index < -0.39 is 41.6 Å². The molecule has 0 saturated carbocycles. The molecule has 0 spiro atoms. The first-order valence-electron chi connectivity index (χ1n) is 7.16. The van der Waals surface area contributed by atoms with Gasteiger partial charge in [0, 0.05) is 0 Å². The third kappa shape index (κ3) is 5.71. The second kappa shape index (κ2) is 7.24. The maximum Gasteiger partial charge on any atom is 0.408 e. The molecule has 8 heteroatoms. The molecular formula is C14H22N2O6. The van der Waals surface area contributed by atoms with Crippen LogP contribution in [0.5, 0.6) is 0 Å². The van der Waals surface area contributed by atoms with Gasteiger partial charge in [-0.25, -0.2) is 9.59 Å². The summed E-state index contributed by atoms with van der Waals surface area (Å²) in [5.41, 5.74) is -0.692. The molecule has 8 nitrogen and oxygen atoms in total. The molecule has 1 fully saturated rings. The Balaban J connectivity index is 2.61. The Morgan fingerprint density at radius 1 is 1.36 bits per heavy atom. The molecule has 0 aromatic heterocycles. The van der Waals surface area contributed by atoms with Crippen molar-refractivity contribution in [3.8, 4) is 0 Å². The Morgan fingerprint density at radius 2 is 2.00 bits per heavy atom. The monoisotopic (exact) mass is 314 g/mol. The number of imide groups is 1. The molecule has 1 aliphatic heterocycles. The van der Waals surface area contributed by atoms with Gasteiger partial charge in [0.25, 0.3) is 5.91 Å². The topological polar surface area (TPSA) is 111 Å². The first kappa shape index (κ1) is 17.9. The minimum absolute atomic E-state index is 0.199. The lowest BCUT2D eigenvalue weighted by Crippen LogP contribution is -2.45. The number of nitrogens with one attached hydrogen (secondary N) is 2. The van der Waals surface area contributed by atoms with Gasteiger partial charge < -0.3 is 14.8 Å². The summed E-state index contributed by atoms with van der Waals surface area (Å²) in [4.78, 5) is 46.2. The maximum atomic E-state index is 12.1. The van der Waals surface area contributed by atoms with Crippen molar-refractivity contribution in [2.75, 3.05) is 0 Å². The van der Waals surface area contributed by atoms with E-state index in [9.17, 15) is 19.2 Å². The molecule has 2 atom stereocenters. The summed E-state index contributed by atoms with van der Waals surface area (Å²) in [5, 5.41) is 4.47. The fraction of sp³-hybridized carbons (Fsp3) is 0.714. The molecule has 1 aliphatic rings. The van der Waals surface area contributed by atoms with Crippen LogP contribution in [-0.4, -0.2) is 41.6 Å². The first-order valence-corrected chi connectivity index (χ1v) is 7.16. The quantitative estimate of drug-likeness (QED) is 0.569. The Hall–Kier alpha value is -2.12. The van der Waals surface area contributed by atoms with Gasteiger partial charge in [-0.3, -0.25) is 14.9 Å². The van der Waals surface area contributed by atoms with Crippen LogP contribution < -0.4 is 10.6 Å². The van der Waals surface area contributed by atoms with Crippen LogP contribution in [0.1, 0.15) is 47.0 Å². The maximum absolute atomic E-state index is 12.1. The van der Waals surface area contributed by atoms with Crippen LogP contribution in [0.25, 0.3) is 0 Å². The molecule has 0 aromatic rings. The number of amides is 3. The fourth-order valence-corrected chi connectivity index (χ4v) is 1.83. The molecule has 2 N–H and O–H groups in total. The van der Waals surface area contributed by atoms with Crippen LogP contribution in [0, 0.1) is 0 Å². The van der Waals surface area contributed by atoms with E-state index in [1.807, 2.05) is 12.2 Å². The van der Waals surface area contributed by atoms with Gasteiger partial charge in [-0.05, 0) is 27.2 Å². The van der Waals surface area contributed by atoms with Crippen LogP contribution in [0.3, 0.4) is 0 Å². The zero-order chi connectivity index (χ0) is 16.9. The summed E-state index contributed by atoms with van der Waals surface area (Å²) in [6.45, 7) is 6.94. The van der Waals surface area contributed by atoms with Gasteiger partial charge >= 0.3 is 12.1 Å².